The lowest BCUT2D eigenvalue weighted by atomic mass is 10.2. The highest BCUT2D eigenvalue weighted by Gasteiger charge is 2.49. The first-order valence-corrected chi connectivity index (χ1v) is 4.03. The van der Waals surface area contributed by atoms with Gasteiger partial charge in [-0.1, -0.05) is 0 Å². The van der Waals surface area contributed by atoms with Gasteiger partial charge in [-0.25, -0.2) is 9.59 Å². The monoisotopic (exact) mass is 204 g/mol. The minimum atomic E-state index is -1.31. The van der Waals surface area contributed by atoms with Crippen LogP contribution in [0.4, 0.5) is 0 Å². The van der Waals surface area contributed by atoms with Crippen molar-refractivity contribution in [1.29, 1.82) is 0 Å². The number of hydrogen-bond donors (Lipinski definition) is 1. The molecule has 0 radical (unpaired) electrons. The first-order valence-electron chi connectivity index (χ1n) is 4.03. The van der Waals surface area contributed by atoms with E-state index in [4.69, 9.17) is 14.6 Å². The number of carboxylic acids is 1. The second-order valence-corrected chi connectivity index (χ2v) is 3.34. The molecule has 0 saturated carbocycles. The van der Waals surface area contributed by atoms with Crippen LogP contribution in [-0.4, -0.2) is 42.1 Å². The predicted molar refractivity (Wildman–Crippen MR) is 43.5 cm³/mol. The molecule has 6 heteroatoms. The summed E-state index contributed by atoms with van der Waals surface area (Å²) in [5, 5.41) is 8.75. The van der Waals surface area contributed by atoms with E-state index in [-0.39, 0.29) is 0 Å². The second kappa shape index (κ2) is 3.55. The molecule has 14 heavy (non-hydrogen) atoms. The van der Waals surface area contributed by atoms with Crippen LogP contribution in [0.2, 0.25) is 0 Å². The highest BCUT2D eigenvalue weighted by Crippen LogP contribution is 2.28. The van der Waals surface area contributed by atoms with E-state index in [0.29, 0.717) is 0 Å². The molecular weight excluding hydrogens is 192 g/mol. The van der Waals surface area contributed by atoms with Gasteiger partial charge in [0.25, 0.3) is 0 Å². The van der Waals surface area contributed by atoms with Gasteiger partial charge in [0, 0.05) is 0 Å². The Morgan fingerprint density at radius 3 is 2.21 bits per heavy atom. The Hall–Kier alpha value is -1.14. The quantitative estimate of drug-likeness (QED) is 0.625. The fourth-order valence-electron chi connectivity index (χ4n) is 1.23. The normalized spacial score (nSPS) is 29.9. The largest absolute Gasteiger partial charge is 0.479 e. The fourth-order valence-corrected chi connectivity index (χ4v) is 1.23. The lowest BCUT2D eigenvalue weighted by Crippen LogP contribution is -2.37. The van der Waals surface area contributed by atoms with Crippen molar-refractivity contribution >= 4 is 11.9 Å². The van der Waals surface area contributed by atoms with Crippen LogP contribution in [0.5, 0.6) is 0 Å². The van der Waals surface area contributed by atoms with Gasteiger partial charge in [-0.15, -0.1) is 0 Å². The van der Waals surface area contributed by atoms with Crippen LogP contribution in [0.15, 0.2) is 0 Å². The molecule has 0 bridgehead atoms. The lowest BCUT2D eigenvalue weighted by Gasteiger charge is -2.15. The summed E-state index contributed by atoms with van der Waals surface area (Å²) < 4.78 is 14.5. The van der Waals surface area contributed by atoms with E-state index in [1.54, 1.807) is 0 Å². The molecule has 80 valence electrons. The van der Waals surface area contributed by atoms with Crippen molar-refractivity contribution in [3.8, 4) is 0 Å². The zero-order chi connectivity index (χ0) is 10.9. The maximum atomic E-state index is 11.1. The van der Waals surface area contributed by atoms with Gasteiger partial charge in [0.05, 0.1) is 7.11 Å². The van der Waals surface area contributed by atoms with E-state index in [1.807, 2.05) is 0 Å². The maximum Gasteiger partial charge on any atom is 0.338 e. The topological polar surface area (TPSA) is 82.1 Å². The van der Waals surface area contributed by atoms with Crippen molar-refractivity contribution in [3.05, 3.63) is 0 Å². The van der Waals surface area contributed by atoms with Crippen LogP contribution < -0.4 is 0 Å². The van der Waals surface area contributed by atoms with E-state index in [0.717, 1.165) is 7.11 Å². The summed E-state index contributed by atoms with van der Waals surface area (Å²) in [7, 11) is 1.16. The van der Waals surface area contributed by atoms with Gasteiger partial charge in [-0.2, -0.15) is 0 Å². The number of carbonyl (C=O) groups is 2. The molecule has 2 atom stereocenters. The Morgan fingerprint density at radius 1 is 1.29 bits per heavy atom. The third-order valence-electron chi connectivity index (χ3n) is 1.77. The van der Waals surface area contributed by atoms with Gasteiger partial charge in [-0.3, -0.25) is 0 Å². The molecule has 1 aliphatic heterocycles. The zero-order valence-corrected chi connectivity index (χ0v) is 8.14. The van der Waals surface area contributed by atoms with Gasteiger partial charge in [-0.05, 0) is 13.8 Å². The first-order chi connectivity index (χ1) is 6.37. The Labute approximate surface area is 80.7 Å². The number of aliphatic carboxylic acids is 1. The third kappa shape index (κ3) is 2.02. The van der Waals surface area contributed by atoms with E-state index < -0.39 is 29.9 Å². The van der Waals surface area contributed by atoms with E-state index in [1.165, 1.54) is 13.8 Å². The average molecular weight is 204 g/mol. The van der Waals surface area contributed by atoms with Gasteiger partial charge in [0.15, 0.2) is 18.0 Å². The Morgan fingerprint density at radius 2 is 1.79 bits per heavy atom. The van der Waals surface area contributed by atoms with Gasteiger partial charge in [0.1, 0.15) is 0 Å². The molecule has 0 spiro atoms. The number of rotatable bonds is 2. The van der Waals surface area contributed by atoms with Crippen molar-refractivity contribution in [2.45, 2.75) is 31.8 Å². The number of carboxylic acid groups (broad SMARTS) is 1. The van der Waals surface area contributed by atoms with Gasteiger partial charge < -0.3 is 19.3 Å². The van der Waals surface area contributed by atoms with Crippen LogP contribution in [0, 0.1) is 0 Å². The van der Waals surface area contributed by atoms with E-state index >= 15 is 0 Å². The molecular formula is C8H12O6. The second-order valence-electron chi connectivity index (χ2n) is 3.34. The summed E-state index contributed by atoms with van der Waals surface area (Å²) >= 11 is 0. The van der Waals surface area contributed by atoms with Crippen molar-refractivity contribution in [1.82, 2.24) is 0 Å². The fraction of sp³-hybridized carbons (Fsp3) is 0.750. The summed E-state index contributed by atoms with van der Waals surface area (Å²) in [5.41, 5.74) is 0. The lowest BCUT2D eigenvalue weighted by molar-refractivity contribution is -0.170. The summed E-state index contributed by atoms with van der Waals surface area (Å²) in [6, 6.07) is 0. The Bertz CT molecular complexity index is 259. The highest BCUT2D eigenvalue weighted by atomic mass is 16.8. The summed E-state index contributed by atoms with van der Waals surface area (Å²) in [5.74, 6) is -3.07. The summed E-state index contributed by atoms with van der Waals surface area (Å²) in [6.07, 6.45) is -2.51. The molecule has 0 aromatic rings. The molecule has 1 rings (SSSR count). The van der Waals surface area contributed by atoms with Crippen LogP contribution in [0.1, 0.15) is 13.8 Å². The summed E-state index contributed by atoms with van der Waals surface area (Å²) in [4.78, 5) is 21.8. The molecule has 1 fully saturated rings. The molecule has 1 aliphatic rings. The van der Waals surface area contributed by atoms with Crippen molar-refractivity contribution in [2.75, 3.05) is 7.11 Å². The first kappa shape index (κ1) is 10.9. The Kier molecular flexibility index (Phi) is 2.77. The third-order valence-corrected chi connectivity index (χ3v) is 1.77. The average Bonchev–Trinajstić information content (AvgIpc) is 2.40. The molecule has 0 unspecified atom stereocenters. The summed E-state index contributed by atoms with van der Waals surface area (Å²) in [6.45, 7) is 3.07. The molecule has 1 saturated heterocycles. The number of ether oxygens (including phenoxy) is 3. The van der Waals surface area contributed by atoms with Crippen LogP contribution in [0.3, 0.4) is 0 Å². The molecule has 1 heterocycles. The standard InChI is InChI=1S/C8H12O6/c1-8(2)13-4(6(9)10)5(14-8)7(11)12-3/h4-5H,1-3H3,(H,9,10)/t4-,5+/m0/s1. The molecule has 0 aromatic carbocycles. The maximum absolute atomic E-state index is 11.1. The van der Waals surface area contributed by atoms with E-state index in [9.17, 15) is 9.59 Å². The van der Waals surface area contributed by atoms with Crippen LogP contribution in [-0.2, 0) is 23.8 Å². The minimum Gasteiger partial charge on any atom is -0.479 e. The number of hydrogen-bond acceptors (Lipinski definition) is 5. The van der Waals surface area contributed by atoms with Crippen molar-refractivity contribution < 1.29 is 28.9 Å². The molecule has 0 aromatic heterocycles. The molecule has 0 aliphatic carbocycles. The number of carbonyl (C=O) groups excluding carboxylic acids is 1. The van der Waals surface area contributed by atoms with Gasteiger partial charge in [0.2, 0.25) is 0 Å². The van der Waals surface area contributed by atoms with Crippen LogP contribution >= 0.6 is 0 Å². The van der Waals surface area contributed by atoms with Crippen LogP contribution in [0.25, 0.3) is 0 Å². The highest BCUT2D eigenvalue weighted by molar-refractivity contribution is 5.85. The SMILES string of the molecule is COC(=O)[C@@H]1OC(C)(C)O[C@@H]1C(=O)O. The predicted octanol–water partition coefficient (Wildman–Crippen LogP) is -0.236. The molecule has 6 nitrogen and oxygen atoms in total. The number of methoxy groups -OCH3 is 1. The smallest absolute Gasteiger partial charge is 0.338 e. The number of esters is 1. The van der Waals surface area contributed by atoms with Gasteiger partial charge >= 0.3 is 11.9 Å². The van der Waals surface area contributed by atoms with Crippen molar-refractivity contribution in [2.24, 2.45) is 0 Å². The Balaban J connectivity index is 2.83. The molecule has 1 N–H and O–H groups in total. The van der Waals surface area contributed by atoms with Crippen molar-refractivity contribution in [3.63, 3.8) is 0 Å². The minimum absolute atomic E-state index is 0.747. The molecule has 0 amide bonds. The zero-order valence-electron chi connectivity index (χ0n) is 8.14. The van der Waals surface area contributed by atoms with E-state index in [2.05, 4.69) is 4.74 Å².